The van der Waals surface area contributed by atoms with Gasteiger partial charge in [-0.1, -0.05) is 60.7 Å². The molecular formula is C29H21F3N2O2. The SMILES string of the molecule is O=C(O)Cc1cccc2c(NCc3cccc(-c4ccnc5c(C(F)(F)F)cccc45)c3)cccc12. The second kappa shape index (κ2) is 9.34. The molecule has 0 unspecified atom stereocenters. The Labute approximate surface area is 205 Å². The molecule has 0 saturated carbocycles. The van der Waals surface area contributed by atoms with Gasteiger partial charge in [-0.15, -0.1) is 0 Å². The summed E-state index contributed by atoms with van der Waals surface area (Å²) in [5.41, 5.74) is 3.21. The number of nitrogens with zero attached hydrogens (tertiary/aromatic N) is 1. The number of hydrogen-bond acceptors (Lipinski definition) is 3. The lowest BCUT2D eigenvalue weighted by molar-refractivity contribution is -0.137. The minimum absolute atomic E-state index is 0.0568. The molecule has 7 heteroatoms. The monoisotopic (exact) mass is 486 g/mol. The first-order chi connectivity index (χ1) is 17.3. The highest BCUT2D eigenvalue weighted by atomic mass is 19.4. The minimum atomic E-state index is -4.49. The topological polar surface area (TPSA) is 62.2 Å². The van der Waals surface area contributed by atoms with Crippen LogP contribution in [-0.2, 0) is 23.9 Å². The van der Waals surface area contributed by atoms with Crippen LogP contribution in [0.15, 0.2) is 91.1 Å². The number of fused-ring (bicyclic) bond motifs is 2. The maximum Gasteiger partial charge on any atom is 0.418 e. The normalized spacial score (nSPS) is 11.6. The van der Waals surface area contributed by atoms with Gasteiger partial charge in [0.15, 0.2) is 0 Å². The number of pyridine rings is 1. The van der Waals surface area contributed by atoms with Crippen molar-refractivity contribution in [2.75, 3.05) is 5.32 Å². The average molecular weight is 486 g/mol. The lowest BCUT2D eigenvalue weighted by Gasteiger charge is -2.14. The fourth-order valence-electron chi connectivity index (χ4n) is 4.55. The molecule has 0 atom stereocenters. The molecular weight excluding hydrogens is 465 g/mol. The number of aromatic nitrogens is 1. The zero-order valence-electron chi connectivity index (χ0n) is 19.0. The Morgan fingerprint density at radius 2 is 1.58 bits per heavy atom. The van der Waals surface area contributed by atoms with Crippen molar-refractivity contribution in [1.82, 2.24) is 4.98 Å². The second-order valence-corrected chi connectivity index (χ2v) is 8.50. The summed E-state index contributed by atoms with van der Waals surface area (Å²) in [6, 6.07) is 24.8. The molecule has 180 valence electrons. The quantitative estimate of drug-likeness (QED) is 0.264. The van der Waals surface area contributed by atoms with E-state index in [1.54, 1.807) is 12.1 Å². The number of hydrogen-bond donors (Lipinski definition) is 2. The van der Waals surface area contributed by atoms with Crippen LogP contribution in [0.4, 0.5) is 18.9 Å². The van der Waals surface area contributed by atoms with Gasteiger partial charge in [-0.25, -0.2) is 0 Å². The van der Waals surface area contributed by atoms with E-state index in [-0.39, 0.29) is 11.9 Å². The number of carboxylic acids is 1. The molecule has 0 aliphatic heterocycles. The van der Waals surface area contributed by atoms with Crippen molar-refractivity contribution >= 4 is 33.3 Å². The highest BCUT2D eigenvalue weighted by Gasteiger charge is 2.33. The van der Waals surface area contributed by atoms with E-state index in [0.29, 0.717) is 17.5 Å². The zero-order chi connectivity index (χ0) is 25.3. The molecule has 4 aromatic carbocycles. The van der Waals surface area contributed by atoms with Crippen molar-refractivity contribution < 1.29 is 23.1 Å². The van der Waals surface area contributed by atoms with Crippen LogP contribution in [0.2, 0.25) is 0 Å². The molecule has 0 amide bonds. The predicted octanol–water partition coefficient (Wildman–Crippen LogP) is 7.31. The summed E-state index contributed by atoms with van der Waals surface area (Å²) >= 11 is 0. The molecule has 0 aliphatic rings. The Bertz CT molecular complexity index is 1600. The average Bonchev–Trinajstić information content (AvgIpc) is 2.86. The molecule has 36 heavy (non-hydrogen) atoms. The van der Waals surface area contributed by atoms with E-state index in [1.807, 2.05) is 60.7 Å². The predicted molar refractivity (Wildman–Crippen MR) is 135 cm³/mol. The van der Waals surface area contributed by atoms with Crippen LogP contribution >= 0.6 is 0 Å². The third-order valence-electron chi connectivity index (χ3n) is 6.15. The van der Waals surface area contributed by atoms with Gasteiger partial charge in [-0.2, -0.15) is 13.2 Å². The highest BCUT2D eigenvalue weighted by molar-refractivity contribution is 5.98. The first-order valence-corrected chi connectivity index (χ1v) is 11.3. The first-order valence-electron chi connectivity index (χ1n) is 11.3. The molecule has 0 saturated heterocycles. The zero-order valence-corrected chi connectivity index (χ0v) is 19.0. The Hall–Kier alpha value is -4.39. The van der Waals surface area contributed by atoms with E-state index < -0.39 is 17.7 Å². The number of alkyl halides is 3. The van der Waals surface area contributed by atoms with Crippen LogP contribution in [0.25, 0.3) is 32.8 Å². The van der Waals surface area contributed by atoms with Crippen molar-refractivity contribution in [2.45, 2.75) is 19.1 Å². The van der Waals surface area contributed by atoms with Crippen molar-refractivity contribution in [1.29, 1.82) is 0 Å². The maximum absolute atomic E-state index is 13.5. The molecule has 1 heterocycles. The van der Waals surface area contributed by atoms with Crippen LogP contribution in [0.5, 0.6) is 0 Å². The molecule has 2 N–H and O–H groups in total. The fourth-order valence-corrected chi connectivity index (χ4v) is 4.55. The van der Waals surface area contributed by atoms with Crippen LogP contribution in [0, 0.1) is 0 Å². The minimum Gasteiger partial charge on any atom is -0.481 e. The van der Waals surface area contributed by atoms with Crippen LogP contribution in [0.1, 0.15) is 16.7 Å². The number of anilines is 1. The maximum atomic E-state index is 13.5. The van der Waals surface area contributed by atoms with Gasteiger partial charge in [-0.3, -0.25) is 9.78 Å². The summed E-state index contributed by atoms with van der Waals surface area (Å²) in [5.74, 6) is -0.885. The van der Waals surface area contributed by atoms with Gasteiger partial charge in [0.2, 0.25) is 0 Å². The van der Waals surface area contributed by atoms with Crippen LogP contribution in [0.3, 0.4) is 0 Å². The number of rotatable bonds is 6. The van der Waals surface area contributed by atoms with Crippen LogP contribution < -0.4 is 5.32 Å². The summed E-state index contributed by atoms with van der Waals surface area (Å²) in [6.45, 7) is 0.479. The van der Waals surface area contributed by atoms with E-state index in [1.165, 1.54) is 12.3 Å². The van der Waals surface area contributed by atoms with Gasteiger partial charge < -0.3 is 10.4 Å². The third kappa shape index (κ3) is 4.60. The second-order valence-electron chi connectivity index (χ2n) is 8.50. The van der Waals surface area contributed by atoms with E-state index in [4.69, 9.17) is 0 Å². The largest absolute Gasteiger partial charge is 0.481 e. The Morgan fingerprint density at radius 3 is 2.39 bits per heavy atom. The number of halogens is 3. The lowest BCUT2D eigenvalue weighted by Crippen LogP contribution is -2.06. The van der Waals surface area contributed by atoms with E-state index in [9.17, 15) is 23.1 Å². The van der Waals surface area contributed by atoms with Gasteiger partial charge in [0, 0.05) is 29.2 Å². The number of carbonyl (C=O) groups is 1. The van der Waals surface area contributed by atoms with Gasteiger partial charge in [-0.05, 0) is 51.9 Å². The molecule has 0 fully saturated rings. The molecule has 5 aromatic rings. The van der Waals surface area contributed by atoms with Gasteiger partial charge in [0.05, 0.1) is 17.5 Å². The number of benzene rings is 4. The fraction of sp³-hybridized carbons (Fsp3) is 0.103. The Balaban J connectivity index is 1.46. The number of nitrogens with one attached hydrogen (secondary N) is 1. The van der Waals surface area contributed by atoms with Crippen molar-refractivity contribution in [3.63, 3.8) is 0 Å². The molecule has 5 rings (SSSR count). The summed E-state index contributed by atoms with van der Waals surface area (Å²) < 4.78 is 40.5. The molecule has 0 aliphatic carbocycles. The van der Waals surface area contributed by atoms with Crippen LogP contribution in [-0.4, -0.2) is 16.1 Å². The van der Waals surface area contributed by atoms with E-state index in [0.717, 1.165) is 39.2 Å². The summed E-state index contributed by atoms with van der Waals surface area (Å²) in [5, 5.41) is 14.9. The summed E-state index contributed by atoms with van der Waals surface area (Å²) in [6.07, 6.45) is -3.14. The molecule has 1 aromatic heterocycles. The Kier molecular flexibility index (Phi) is 6.06. The standard InChI is InChI=1S/C29H21F3N2O2/c30-29(31,32)25-11-3-10-24-22(13-14-33-28(24)25)19-6-1-5-18(15-19)17-34-26-12-4-8-21-20(16-27(35)36)7-2-9-23(21)26/h1-15,34H,16-17H2,(H,35,36). The smallest absolute Gasteiger partial charge is 0.418 e. The lowest BCUT2D eigenvalue weighted by atomic mass is 9.97. The number of para-hydroxylation sites is 1. The molecule has 4 nitrogen and oxygen atoms in total. The van der Waals surface area contributed by atoms with Crippen molar-refractivity contribution in [3.05, 3.63) is 108 Å². The van der Waals surface area contributed by atoms with Gasteiger partial charge in [0.1, 0.15) is 0 Å². The van der Waals surface area contributed by atoms with E-state index >= 15 is 0 Å². The first kappa shape index (κ1) is 23.4. The van der Waals surface area contributed by atoms with Gasteiger partial charge in [0.25, 0.3) is 0 Å². The molecule has 0 spiro atoms. The molecule has 0 radical (unpaired) electrons. The van der Waals surface area contributed by atoms with Crippen molar-refractivity contribution in [2.24, 2.45) is 0 Å². The highest BCUT2D eigenvalue weighted by Crippen LogP contribution is 2.37. The summed E-state index contributed by atoms with van der Waals surface area (Å²) in [4.78, 5) is 15.2. The van der Waals surface area contributed by atoms with Crippen molar-refractivity contribution in [3.8, 4) is 11.1 Å². The van der Waals surface area contributed by atoms with Gasteiger partial charge >= 0.3 is 12.1 Å². The molecule has 0 bridgehead atoms. The number of carboxylic acid groups (broad SMARTS) is 1. The van der Waals surface area contributed by atoms with E-state index in [2.05, 4.69) is 10.3 Å². The number of aliphatic carboxylic acids is 1. The Morgan fingerprint density at radius 1 is 0.861 bits per heavy atom. The third-order valence-corrected chi connectivity index (χ3v) is 6.15. The summed E-state index contributed by atoms with van der Waals surface area (Å²) in [7, 11) is 0.